The minimum absolute atomic E-state index is 0.0530. The van der Waals surface area contributed by atoms with Gasteiger partial charge in [-0.05, 0) is 60.9 Å². The van der Waals surface area contributed by atoms with Gasteiger partial charge in [-0.2, -0.15) is 13.2 Å². The molecule has 0 unspecified atom stereocenters. The van der Waals surface area contributed by atoms with Gasteiger partial charge in [-0.3, -0.25) is 9.59 Å². The van der Waals surface area contributed by atoms with Crippen molar-refractivity contribution >= 4 is 34.2 Å². The van der Waals surface area contributed by atoms with E-state index in [1.54, 1.807) is 6.07 Å². The summed E-state index contributed by atoms with van der Waals surface area (Å²) in [5.74, 6) is 0.683. The monoisotopic (exact) mass is 484 g/mol. The van der Waals surface area contributed by atoms with Gasteiger partial charge in [0.15, 0.2) is 0 Å². The molecule has 2 heterocycles. The van der Waals surface area contributed by atoms with Crippen LogP contribution in [0.15, 0.2) is 54.6 Å². The van der Waals surface area contributed by atoms with Crippen molar-refractivity contribution in [2.24, 2.45) is 0 Å². The highest BCUT2D eigenvalue weighted by Gasteiger charge is 2.30. The highest BCUT2D eigenvalue weighted by molar-refractivity contribution is 5.94. The van der Waals surface area contributed by atoms with Crippen LogP contribution in [-0.4, -0.2) is 35.9 Å². The zero-order valence-electron chi connectivity index (χ0n) is 19.4. The number of halogens is 3. The third kappa shape index (κ3) is 6.29. The van der Waals surface area contributed by atoms with E-state index in [0.29, 0.717) is 24.1 Å². The summed E-state index contributed by atoms with van der Waals surface area (Å²) in [4.78, 5) is 30.9. The van der Waals surface area contributed by atoms with Gasteiger partial charge in [0.05, 0.1) is 11.1 Å². The highest BCUT2D eigenvalue weighted by atomic mass is 19.4. The molecule has 1 aliphatic rings. The van der Waals surface area contributed by atoms with E-state index in [-0.39, 0.29) is 24.3 Å². The van der Waals surface area contributed by atoms with Gasteiger partial charge in [-0.15, -0.1) is 0 Å². The number of nitrogens with zero attached hydrogens (tertiary/aromatic N) is 2. The molecule has 1 aromatic heterocycles. The molecule has 35 heavy (non-hydrogen) atoms. The first-order chi connectivity index (χ1) is 16.7. The van der Waals surface area contributed by atoms with Crippen LogP contribution >= 0.6 is 0 Å². The third-order valence-electron chi connectivity index (χ3n) is 6.08. The van der Waals surface area contributed by atoms with E-state index in [4.69, 9.17) is 4.98 Å². The average molecular weight is 485 g/mol. The molecule has 1 aliphatic heterocycles. The molecule has 0 spiro atoms. The molecule has 2 aromatic carbocycles. The number of benzene rings is 2. The summed E-state index contributed by atoms with van der Waals surface area (Å²) in [6, 6.07) is 14.3. The molecule has 0 bridgehead atoms. The van der Waals surface area contributed by atoms with Crippen LogP contribution in [0.5, 0.6) is 0 Å². The van der Waals surface area contributed by atoms with E-state index in [9.17, 15) is 22.8 Å². The number of hydrogen-bond acceptors (Lipinski definition) is 4. The number of carbonyl (C=O) groups is 2. The largest absolute Gasteiger partial charge is 0.416 e. The lowest BCUT2D eigenvalue weighted by Gasteiger charge is -2.18. The molecule has 2 amide bonds. The summed E-state index contributed by atoms with van der Waals surface area (Å²) in [5, 5.41) is 6.75. The number of amides is 2. The van der Waals surface area contributed by atoms with Crippen molar-refractivity contribution in [3.8, 4) is 0 Å². The lowest BCUT2D eigenvalue weighted by Crippen LogP contribution is -2.36. The topological polar surface area (TPSA) is 74.3 Å². The van der Waals surface area contributed by atoms with Gasteiger partial charge in [0.2, 0.25) is 11.8 Å². The number of aromatic nitrogens is 1. The van der Waals surface area contributed by atoms with Gasteiger partial charge in [-0.25, -0.2) is 4.98 Å². The Morgan fingerprint density at radius 3 is 2.54 bits per heavy atom. The maximum absolute atomic E-state index is 12.7. The second-order valence-corrected chi connectivity index (χ2v) is 8.67. The van der Waals surface area contributed by atoms with Crippen molar-refractivity contribution in [2.45, 2.75) is 44.8 Å². The van der Waals surface area contributed by atoms with Crippen LogP contribution < -0.4 is 15.5 Å². The molecule has 2 N–H and O–H groups in total. The second-order valence-electron chi connectivity index (χ2n) is 8.67. The van der Waals surface area contributed by atoms with Crippen LogP contribution in [0.1, 0.15) is 37.3 Å². The van der Waals surface area contributed by atoms with Crippen molar-refractivity contribution in [1.29, 1.82) is 0 Å². The summed E-state index contributed by atoms with van der Waals surface area (Å²) in [6.45, 7) is 3.38. The molecule has 3 aromatic rings. The number of hydrogen-bond donors (Lipinski definition) is 2. The molecule has 0 aliphatic carbocycles. The molecule has 1 saturated heterocycles. The Kier molecular flexibility index (Phi) is 7.23. The first kappa shape index (κ1) is 24.5. The lowest BCUT2D eigenvalue weighted by atomic mass is 10.1. The quantitative estimate of drug-likeness (QED) is 0.499. The van der Waals surface area contributed by atoms with E-state index in [2.05, 4.69) is 15.5 Å². The predicted molar refractivity (Wildman–Crippen MR) is 129 cm³/mol. The summed E-state index contributed by atoms with van der Waals surface area (Å²) >= 11 is 0. The number of carbonyl (C=O) groups excluding carboxylic acids is 2. The Morgan fingerprint density at radius 1 is 1.06 bits per heavy atom. The zero-order valence-corrected chi connectivity index (χ0v) is 19.4. The normalized spacial score (nSPS) is 15.9. The second kappa shape index (κ2) is 10.3. The van der Waals surface area contributed by atoms with E-state index in [1.165, 1.54) is 12.1 Å². The maximum atomic E-state index is 12.7. The van der Waals surface area contributed by atoms with Gasteiger partial charge >= 0.3 is 6.18 Å². The van der Waals surface area contributed by atoms with Crippen molar-refractivity contribution in [3.63, 3.8) is 0 Å². The zero-order chi connectivity index (χ0) is 25.0. The van der Waals surface area contributed by atoms with Crippen LogP contribution in [-0.2, 0) is 22.2 Å². The van der Waals surface area contributed by atoms with Crippen LogP contribution in [0.2, 0.25) is 0 Å². The molecule has 184 valence electrons. The van der Waals surface area contributed by atoms with Gasteiger partial charge < -0.3 is 15.5 Å². The number of fused-ring (bicyclic) bond motifs is 1. The number of anilines is 2. The minimum atomic E-state index is -4.37. The molecular formula is C26H27F3N4O2. The van der Waals surface area contributed by atoms with Gasteiger partial charge in [0.25, 0.3) is 0 Å². The Morgan fingerprint density at radius 2 is 1.83 bits per heavy atom. The van der Waals surface area contributed by atoms with E-state index in [0.717, 1.165) is 48.4 Å². The SMILES string of the molecule is CCC(=O)N[C@H]1CCN(c2ccc3cc(NC(=O)CCc4ccc(C(F)(F)F)cc4)ccc3n2)C1. The smallest absolute Gasteiger partial charge is 0.354 e. The van der Waals surface area contributed by atoms with Crippen LogP contribution in [0.25, 0.3) is 10.9 Å². The summed E-state index contributed by atoms with van der Waals surface area (Å²) in [7, 11) is 0. The fourth-order valence-electron chi connectivity index (χ4n) is 4.13. The first-order valence-corrected chi connectivity index (χ1v) is 11.6. The molecule has 0 saturated carbocycles. The Bertz CT molecular complexity index is 1210. The summed E-state index contributed by atoms with van der Waals surface area (Å²) in [5.41, 5.74) is 1.40. The van der Waals surface area contributed by atoms with Gasteiger partial charge in [-0.1, -0.05) is 19.1 Å². The maximum Gasteiger partial charge on any atom is 0.416 e. The van der Waals surface area contributed by atoms with Crippen LogP contribution in [0.4, 0.5) is 24.7 Å². The minimum Gasteiger partial charge on any atom is -0.354 e. The number of rotatable bonds is 7. The number of pyridine rings is 1. The lowest BCUT2D eigenvalue weighted by molar-refractivity contribution is -0.137. The van der Waals surface area contributed by atoms with Crippen molar-refractivity contribution in [3.05, 3.63) is 65.7 Å². The van der Waals surface area contributed by atoms with E-state index in [1.807, 2.05) is 31.2 Å². The average Bonchev–Trinajstić information content (AvgIpc) is 3.30. The van der Waals surface area contributed by atoms with Crippen molar-refractivity contribution in [2.75, 3.05) is 23.3 Å². The molecule has 0 radical (unpaired) electrons. The summed E-state index contributed by atoms with van der Waals surface area (Å²) in [6.07, 6.45) is -2.52. The van der Waals surface area contributed by atoms with Crippen LogP contribution in [0, 0.1) is 0 Å². The van der Waals surface area contributed by atoms with Gasteiger partial charge in [0.1, 0.15) is 5.82 Å². The molecule has 1 fully saturated rings. The third-order valence-corrected chi connectivity index (χ3v) is 6.08. The fourth-order valence-corrected chi connectivity index (χ4v) is 4.13. The first-order valence-electron chi connectivity index (χ1n) is 11.6. The molecule has 4 rings (SSSR count). The fraction of sp³-hybridized carbons (Fsp3) is 0.346. The number of alkyl halides is 3. The number of nitrogens with one attached hydrogen (secondary N) is 2. The molecule has 1 atom stereocenters. The molecule has 6 nitrogen and oxygen atoms in total. The standard InChI is InChI=1S/C26H27F3N4O2/c1-2-24(34)31-21-13-14-33(16-21)23-11-6-18-15-20(9-10-22(18)32-23)30-25(35)12-5-17-3-7-19(8-4-17)26(27,28)29/h3-4,6-11,15,21H,2,5,12-14,16H2,1H3,(H,30,35)(H,31,34)/t21-/m0/s1. The Labute approximate surface area is 201 Å². The Hall–Kier alpha value is -3.62. The van der Waals surface area contributed by atoms with E-state index >= 15 is 0 Å². The van der Waals surface area contributed by atoms with Crippen molar-refractivity contribution in [1.82, 2.24) is 10.3 Å². The predicted octanol–water partition coefficient (Wildman–Crippen LogP) is 4.93. The van der Waals surface area contributed by atoms with Crippen molar-refractivity contribution < 1.29 is 22.8 Å². The highest BCUT2D eigenvalue weighted by Crippen LogP contribution is 2.29. The van der Waals surface area contributed by atoms with Crippen LogP contribution in [0.3, 0.4) is 0 Å². The Balaban J connectivity index is 1.33. The van der Waals surface area contributed by atoms with Gasteiger partial charge in [0, 0.05) is 43.0 Å². The molecular weight excluding hydrogens is 457 g/mol. The number of aryl methyl sites for hydroxylation is 1. The summed E-state index contributed by atoms with van der Waals surface area (Å²) < 4.78 is 38.0. The van der Waals surface area contributed by atoms with E-state index < -0.39 is 11.7 Å². The molecule has 9 heteroatoms.